The SMILES string of the molecule is CC(CCCC(=O)O)NC(=O)NC(C)CC1CC1. The zero-order valence-corrected chi connectivity index (χ0v) is 11.2. The van der Waals surface area contributed by atoms with Crippen molar-refractivity contribution in [1.29, 1.82) is 0 Å². The Morgan fingerprint density at radius 3 is 2.39 bits per heavy atom. The molecule has 0 bridgehead atoms. The minimum Gasteiger partial charge on any atom is -0.481 e. The van der Waals surface area contributed by atoms with E-state index in [1.165, 1.54) is 12.8 Å². The van der Waals surface area contributed by atoms with E-state index in [9.17, 15) is 9.59 Å². The Labute approximate surface area is 108 Å². The molecule has 0 saturated heterocycles. The number of urea groups is 1. The molecule has 2 unspecified atom stereocenters. The Hall–Kier alpha value is -1.26. The van der Waals surface area contributed by atoms with Gasteiger partial charge in [0, 0.05) is 18.5 Å². The third-order valence-electron chi connectivity index (χ3n) is 3.17. The van der Waals surface area contributed by atoms with Crippen LogP contribution in [0.4, 0.5) is 4.79 Å². The molecule has 1 fully saturated rings. The molecule has 1 aliphatic carbocycles. The van der Waals surface area contributed by atoms with Gasteiger partial charge in [0.2, 0.25) is 0 Å². The Morgan fingerprint density at radius 1 is 1.22 bits per heavy atom. The van der Waals surface area contributed by atoms with Gasteiger partial charge in [-0.2, -0.15) is 0 Å². The van der Waals surface area contributed by atoms with Gasteiger partial charge in [0.05, 0.1) is 0 Å². The van der Waals surface area contributed by atoms with Crippen molar-refractivity contribution in [2.24, 2.45) is 5.92 Å². The van der Waals surface area contributed by atoms with Crippen molar-refractivity contribution in [2.45, 2.75) is 64.5 Å². The first-order valence-electron chi connectivity index (χ1n) is 6.76. The van der Waals surface area contributed by atoms with Crippen LogP contribution in [0.2, 0.25) is 0 Å². The molecule has 0 aromatic carbocycles. The fourth-order valence-electron chi connectivity index (χ4n) is 2.03. The van der Waals surface area contributed by atoms with E-state index in [2.05, 4.69) is 10.6 Å². The third kappa shape index (κ3) is 7.14. The van der Waals surface area contributed by atoms with Gasteiger partial charge in [0.1, 0.15) is 0 Å². The average molecular weight is 256 g/mol. The molecule has 0 aromatic rings. The molecule has 2 amide bonds. The molecule has 0 heterocycles. The van der Waals surface area contributed by atoms with Crippen LogP contribution in [0.5, 0.6) is 0 Å². The number of hydrogen-bond acceptors (Lipinski definition) is 2. The lowest BCUT2D eigenvalue weighted by molar-refractivity contribution is -0.137. The van der Waals surface area contributed by atoms with Gasteiger partial charge in [-0.25, -0.2) is 4.79 Å². The Kier molecular flexibility index (Phi) is 5.95. The summed E-state index contributed by atoms with van der Waals surface area (Å²) < 4.78 is 0. The average Bonchev–Trinajstić information content (AvgIpc) is 2.99. The summed E-state index contributed by atoms with van der Waals surface area (Å²) in [4.78, 5) is 22.0. The molecule has 1 saturated carbocycles. The number of carbonyl (C=O) groups is 2. The number of amides is 2. The molecular formula is C13H24N2O3. The van der Waals surface area contributed by atoms with Crippen LogP contribution in [-0.2, 0) is 4.79 Å². The third-order valence-corrected chi connectivity index (χ3v) is 3.17. The maximum Gasteiger partial charge on any atom is 0.315 e. The maximum absolute atomic E-state index is 11.6. The minimum absolute atomic E-state index is 0.0116. The van der Waals surface area contributed by atoms with Gasteiger partial charge in [0.25, 0.3) is 0 Å². The van der Waals surface area contributed by atoms with E-state index in [0.29, 0.717) is 12.8 Å². The van der Waals surface area contributed by atoms with Crippen molar-refractivity contribution < 1.29 is 14.7 Å². The Balaban J connectivity index is 2.07. The van der Waals surface area contributed by atoms with Gasteiger partial charge in [-0.05, 0) is 39.0 Å². The first kappa shape index (κ1) is 14.8. The molecule has 2 atom stereocenters. The fourth-order valence-corrected chi connectivity index (χ4v) is 2.03. The standard InChI is InChI=1S/C13H24N2O3/c1-9(4-3-5-12(16)17)14-13(18)15-10(2)8-11-6-7-11/h9-11H,3-8H2,1-2H3,(H,16,17)(H2,14,15,18). The second-order valence-corrected chi connectivity index (χ2v) is 5.38. The van der Waals surface area contributed by atoms with Crippen molar-refractivity contribution in [3.8, 4) is 0 Å². The molecule has 0 aliphatic heterocycles. The first-order chi connectivity index (χ1) is 8.47. The summed E-state index contributed by atoms with van der Waals surface area (Å²) in [5.41, 5.74) is 0. The molecule has 0 spiro atoms. The van der Waals surface area contributed by atoms with E-state index in [1.807, 2.05) is 13.8 Å². The monoisotopic (exact) mass is 256 g/mol. The van der Waals surface area contributed by atoms with E-state index in [4.69, 9.17) is 5.11 Å². The second kappa shape index (κ2) is 7.24. The van der Waals surface area contributed by atoms with Gasteiger partial charge in [-0.1, -0.05) is 12.8 Å². The van der Waals surface area contributed by atoms with Crippen molar-refractivity contribution >= 4 is 12.0 Å². The molecule has 0 aromatic heterocycles. The number of carbonyl (C=O) groups excluding carboxylic acids is 1. The highest BCUT2D eigenvalue weighted by atomic mass is 16.4. The molecule has 104 valence electrons. The quantitative estimate of drug-likeness (QED) is 0.622. The van der Waals surface area contributed by atoms with Gasteiger partial charge in [-0.3, -0.25) is 4.79 Å². The Morgan fingerprint density at radius 2 is 1.83 bits per heavy atom. The van der Waals surface area contributed by atoms with Gasteiger partial charge in [-0.15, -0.1) is 0 Å². The molecule has 18 heavy (non-hydrogen) atoms. The normalized spacial score (nSPS) is 17.9. The van der Waals surface area contributed by atoms with Crippen LogP contribution in [-0.4, -0.2) is 29.2 Å². The highest BCUT2D eigenvalue weighted by Gasteiger charge is 2.24. The number of carboxylic acid groups (broad SMARTS) is 1. The topological polar surface area (TPSA) is 78.4 Å². The van der Waals surface area contributed by atoms with E-state index in [1.54, 1.807) is 0 Å². The van der Waals surface area contributed by atoms with Gasteiger partial charge in [0.15, 0.2) is 0 Å². The number of rotatable bonds is 8. The molecule has 5 heteroatoms. The summed E-state index contributed by atoms with van der Waals surface area (Å²) in [6.07, 6.45) is 5.08. The zero-order valence-electron chi connectivity index (χ0n) is 11.2. The lowest BCUT2D eigenvalue weighted by atomic mass is 10.1. The number of aliphatic carboxylic acids is 1. The van der Waals surface area contributed by atoms with Crippen molar-refractivity contribution in [3.05, 3.63) is 0 Å². The Bertz CT molecular complexity index is 290. The summed E-state index contributed by atoms with van der Waals surface area (Å²) in [6, 6.07) is 0.0761. The number of hydrogen-bond donors (Lipinski definition) is 3. The summed E-state index contributed by atoms with van der Waals surface area (Å²) in [6.45, 7) is 3.92. The van der Waals surface area contributed by atoms with Crippen LogP contribution in [0.1, 0.15) is 52.4 Å². The van der Waals surface area contributed by atoms with Crippen molar-refractivity contribution in [3.63, 3.8) is 0 Å². The van der Waals surface area contributed by atoms with E-state index in [-0.39, 0.29) is 24.5 Å². The van der Waals surface area contributed by atoms with E-state index in [0.717, 1.165) is 12.3 Å². The van der Waals surface area contributed by atoms with Crippen LogP contribution in [0.3, 0.4) is 0 Å². The molecule has 1 aliphatic rings. The minimum atomic E-state index is -0.787. The maximum atomic E-state index is 11.6. The van der Waals surface area contributed by atoms with Crippen LogP contribution < -0.4 is 10.6 Å². The predicted octanol–water partition coefficient (Wildman–Crippen LogP) is 2.12. The summed E-state index contributed by atoms with van der Waals surface area (Å²) in [7, 11) is 0. The van der Waals surface area contributed by atoms with E-state index < -0.39 is 5.97 Å². The molecule has 5 nitrogen and oxygen atoms in total. The molecule has 0 radical (unpaired) electrons. The molecular weight excluding hydrogens is 232 g/mol. The second-order valence-electron chi connectivity index (χ2n) is 5.38. The van der Waals surface area contributed by atoms with Crippen LogP contribution in [0.25, 0.3) is 0 Å². The highest BCUT2D eigenvalue weighted by molar-refractivity contribution is 5.74. The van der Waals surface area contributed by atoms with Crippen LogP contribution in [0.15, 0.2) is 0 Å². The van der Waals surface area contributed by atoms with Crippen molar-refractivity contribution in [1.82, 2.24) is 10.6 Å². The van der Waals surface area contributed by atoms with Crippen LogP contribution >= 0.6 is 0 Å². The lowest BCUT2D eigenvalue weighted by Crippen LogP contribution is -2.44. The lowest BCUT2D eigenvalue weighted by Gasteiger charge is -2.17. The number of carboxylic acids is 1. The fraction of sp³-hybridized carbons (Fsp3) is 0.846. The smallest absolute Gasteiger partial charge is 0.315 e. The highest BCUT2D eigenvalue weighted by Crippen LogP contribution is 2.33. The summed E-state index contributed by atoms with van der Waals surface area (Å²) in [5.74, 6) is 0.0120. The first-order valence-corrected chi connectivity index (χ1v) is 6.76. The zero-order chi connectivity index (χ0) is 13.5. The van der Waals surface area contributed by atoms with E-state index >= 15 is 0 Å². The number of nitrogens with one attached hydrogen (secondary N) is 2. The van der Waals surface area contributed by atoms with Gasteiger partial charge >= 0.3 is 12.0 Å². The molecule has 3 N–H and O–H groups in total. The summed E-state index contributed by atoms with van der Waals surface area (Å²) in [5, 5.41) is 14.3. The summed E-state index contributed by atoms with van der Waals surface area (Å²) >= 11 is 0. The van der Waals surface area contributed by atoms with Gasteiger partial charge < -0.3 is 15.7 Å². The largest absolute Gasteiger partial charge is 0.481 e. The van der Waals surface area contributed by atoms with Crippen LogP contribution in [0, 0.1) is 5.92 Å². The molecule has 1 rings (SSSR count). The van der Waals surface area contributed by atoms with Crippen molar-refractivity contribution in [2.75, 3.05) is 0 Å². The predicted molar refractivity (Wildman–Crippen MR) is 69.4 cm³/mol.